The largest absolute Gasteiger partial charge is 0.376 e. The number of likely N-dealkylation sites (N-methyl/N-ethyl adjacent to an activating group) is 1. The smallest absolute Gasteiger partial charge is 0.241 e. The summed E-state index contributed by atoms with van der Waals surface area (Å²) in [6.07, 6.45) is 0. The molecule has 0 radical (unpaired) electrons. The molecule has 0 saturated heterocycles. The van der Waals surface area contributed by atoms with Gasteiger partial charge in [-0.25, -0.2) is 0 Å². The lowest BCUT2D eigenvalue weighted by Gasteiger charge is -2.24. The van der Waals surface area contributed by atoms with Gasteiger partial charge in [0.25, 0.3) is 0 Å². The molecule has 1 rings (SSSR count). The summed E-state index contributed by atoms with van der Waals surface area (Å²) in [6.45, 7) is 12.4. The lowest BCUT2D eigenvalue weighted by molar-refractivity contribution is -0.128. The third kappa shape index (κ3) is 4.27. The lowest BCUT2D eigenvalue weighted by atomic mass is 9.86. The third-order valence-electron chi connectivity index (χ3n) is 3.28. The Hall–Kier alpha value is -1.51. The maximum Gasteiger partial charge on any atom is 0.241 e. The van der Waals surface area contributed by atoms with Gasteiger partial charge in [-0.1, -0.05) is 39.0 Å². The van der Waals surface area contributed by atoms with E-state index in [0.29, 0.717) is 6.54 Å². The summed E-state index contributed by atoms with van der Waals surface area (Å²) in [7, 11) is 0. The van der Waals surface area contributed by atoms with Gasteiger partial charge < -0.3 is 10.2 Å². The van der Waals surface area contributed by atoms with E-state index in [0.717, 1.165) is 18.8 Å². The van der Waals surface area contributed by atoms with Crippen molar-refractivity contribution in [1.82, 2.24) is 4.90 Å². The average molecular weight is 262 g/mol. The third-order valence-corrected chi connectivity index (χ3v) is 3.28. The van der Waals surface area contributed by atoms with Crippen molar-refractivity contribution in [3.63, 3.8) is 0 Å². The van der Waals surface area contributed by atoms with Crippen LogP contribution in [0.1, 0.15) is 40.2 Å². The average Bonchev–Trinajstić information content (AvgIpc) is 2.37. The summed E-state index contributed by atoms with van der Waals surface area (Å²) in [5.74, 6) is 0.147. The Balaban J connectivity index is 2.76. The number of para-hydroxylation sites is 1. The monoisotopic (exact) mass is 262 g/mol. The van der Waals surface area contributed by atoms with Crippen molar-refractivity contribution >= 4 is 11.6 Å². The molecule has 0 aromatic heterocycles. The summed E-state index contributed by atoms with van der Waals surface area (Å²) < 4.78 is 0. The SMILES string of the molecule is CCN(CC)C(=O)CNc1ccccc1C(C)(C)C. The molecule has 0 fully saturated rings. The van der Waals surface area contributed by atoms with Gasteiger partial charge in [0.05, 0.1) is 6.54 Å². The molecule has 1 aromatic rings. The molecule has 0 bridgehead atoms. The highest BCUT2D eigenvalue weighted by Crippen LogP contribution is 2.28. The number of amides is 1. The zero-order valence-electron chi connectivity index (χ0n) is 12.8. The summed E-state index contributed by atoms with van der Waals surface area (Å²) >= 11 is 0. The lowest BCUT2D eigenvalue weighted by Crippen LogP contribution is -2.35. The molecular formula is C16H26N2O. The van der Waals surface area contributed by atoms with Gasteiger partial charge in [0.2, 0.25) is 5.91 Å². The van der Waals surface area contributed by atoms with E-state index in [1.165, 1.54) is 5.56 Å². The van der Waals surface area contributed by atoms with Crippen LogP contribution >= 0.6 is 0 Å². The van der Waals surface area contributed by atoms with Crippen molar-refractivity contribution in [1.29, 1.82) is 0 Å². The van der Waals surface area contributed by atoms with E-state index in [2.05, 4.69) is 32.2 Å². The predicted molar refractivity (Wildman–Crippen MR) is 81.6 cm³/mol. The van der Waals surface area contributed by atoms with Gasteiger partial charge in [0.1, 0.15) is 0 Å². The second kappa shape index (κ2) is 6.60. The Morgan fingerprint density at radius 2 is 1.74 bits per heavy atom. The molecule has 1 N–H and O–H groups in total. The van der Waals surface area contributed by atoms with Crippen molar-refractivity contribution in [3.05, 3.63) is 29.8 Å². The molecule has 1 amide bonds. The van der Waals surface area contributed by atoms with Gasteiger partial charge in [-0.3, -0.25) is 4.79 Å². The zero-order valence-corrected chi connectivity index (χ0v) is 12.8. The van der Waals surface area contributed by atoms with E-state index in [1.54, 1.807) is 0 Å². The molecule has 0 saturated carbocycles. The molecule has 0 unspecified atom stereocenters. The molecule has 0 aliphatic carbocycles. The van der Waals surface area contributed by atoms with Gasteiger partial charge in [-0.05, 0) is 30.9 Å². The van der Waals surface area contributed by atoms with Crippen molar-refractivity contribution < 1.29 is 4.79 Å². The van der Waals surface area contributed by atoms with Gasteiger partial charge in [0.15, 0.2) is 0 Å². The molecule has 106 valence electrons. The molecule has 1 aromatic carbocycles. The second-order valence-electron chi connectivity index (χ2n) is 5.72. The van der Waals surface area contributed by atoms with Crippen LogP contribution in [0.15, 0.2) is 24.3 Å². The number of carbonyl (C=O) groups excluding carboxylic acids is 1. The molecule has 0 heterocycles. The minimum absolute atomic E-state index is 0.0713. The van der Waals surface area contributed by atoms with E-state index in [1.807, 2.05) is 36.9 Å². The van der Waals surface area contributed by atoms with Crippen molar-refractivity contribution in [2.24, 2.45) is 0 Å². The Morgan fingerprint density at radius 3 is 2.26 bits per heavy atom. The van der Waals surface area contributed by atoms with Gasteiger partial charge in [-0.2, -0.15) is 0 Å². The van der Waals surface area contributed by atoms with Gasteiger partial charge in [0, 0.05) is 18.8 Å². The molecule has 0 aliphatic heterocycles. The van der Waals surface area contributed by atoms with Crippen LogP contribution in [0.5, 0.6) is 0 Å². The number of nitrogens with one attached hydrogen (secondary N) is 1. The van der Waals surface area contributed by atoms with Gasteiger partial charge >= 0.3 is 0 Å². The van der Waals surface area contributed by atoms with E-state index in [4.69, 9.17) is 0 Å². The number of anilines is 1. The molecule has 0 aliphatic rings. The first-order valence-electron chi connectivity index (χ1n) is 7.01. The van der Waals surface area contributed by atoms with Crippen LogP contribution in [-0.2, 0) is 10.2 Å². The van der Waals surface area contributed by atoms with Crippen molar-refractivity contribution in [2.75, 3.05) is 25.0 Å². The van der Waals surface area contributed by atoms with Crippen LogP contribution in [0.4, 0.5) is 5.69 Å². The molecule has 3 nitrogen and oxygen atoms in total. The molecular weight excluding hydrogens is 236 g/mol. The Labute approximate surface area is 117 Å². The number of hydrogen-bond acceptors (Lipinski definition) is 2. The van der Waals surface area contributed by atoms with E-state index in [-0.39, 0.29) is 11.3 Å². The van der Waals surface area contributed by atoms with Crippen LogP contribution in [-0.4, -0.2) is 30.4 Å². The Kier molecular flexibility index (Phi) is 5.40. The highest BCUT2D eigenvalue weighted by atomic mass is 16.2. The summed E-state index contributed by atoms with van der Waals surface area (Å²) in [6, 6.07) is 8.19. The van der Waals surface area contributed by atoms with Crippen LogP contribution in [0.2, 0.25) is 0 Å². The highest BCUT2D eigenvalue weighted by molar-refractivity contribution is 5.81. The summed E-state index contributed by atoms with van der Waals surface area (Å²) in [4.78, 5) is 13.8. The van der Waals surface area contributed by atoms with Crippen LogP contribution in [0.3, 0.4) is 0 Å². The van der Waals surface area contributed by atoms with Crippen molar-refractivity contribution in [3.8, 4) is 0 Å². The first kappa shape index (κ1) is 15.5. The maximum atomic E-state index is 12.0. The first-order valence-corrected chi connectivity index (χ1v) is 7.01. The van der Waals surface area contributed by atoms with Crippen LogP contribution in [0.25, 0.3) is 0 Å². The molecule has 19 heavy (non-hydrogen) atoms. The maximum absolute atomic E-state index is 12.0. The standard InChI is InChI=1S/C16H26N2O/c1-6-18(7-2)15(19)12-17-14-11-9-8-10-13(14)16(3,4)5/h8-11,17H,6-7,12H2,1-5H3. The normalized spacial score (nSPS) is 11.2. The predicted octanol–water partition coefficient (Wildman–Crippen LogP) is 3.26. The molecule has 0 spiro atoms. The van der Waals surface area contributed by atoms with Gasteiger partial charge in [-0.15, -0.1) is 0 Å². The summed E-state index contributed by atoms with van der Waals surface area (Å²) in [5.41, 5.74) is 2.36. The van der Waals surface area contributed by atoms with Crippen LogP contribution < -0.4 is 5.32 Å². The fraction of sp³-hybridized carbons (Fsp3) is 0.562. The second-order valence-corrected chi connectivity index (χ2v) is 5.72. The minimum atomic E-state index is 0.0713. The fourth-order valence-electron chi connectivity index (χ4n) is 2.15. The fourth-order valence-corrected chi connectivity index (χ4v) is 2.15. The number of benzene rings is 1. The minimum Gasteiger partial charge on any atom is -0.376 e. The quantitative estimate of drug-likeness (QED) is 0.883. The first-order chi connectivity index (χ1) is 8.90. The van der Waals surface area contributed by atoms with Crippen molar-refractivity contribution in [2.45, 2.75) is 40.0 Å². The van der Waals surface area contributed by atoms with E-state index < -0.39 is 0 Å². The van der Waals surface area contributed by atoms with E-state index >= 15 is 0 Å². The Bertz CT molecular complexity index is 417. The molecule has 3 heteroatoms. The highest BCUT2D eigenvalue weighted by Gasteiger charge is 2.18. The van der Waals surface area contributed by atoms with E-state index in [9.17, 15) is 4.79 Å². The topological polar surface area (TPSA) is 32.3 Å². The van der Waals surface area contributed by atoms with Crippen LogP contribution in [0, 0.1) is 0 Å². The zero-order chi connectivity index (χ0) is 14.5. The number of carbonyl (C=O) groups is 1. The summed E-state index contributed by atoms with van der Waals surface area (Å²) in [5, 5.41) is 3.28. The molecule has 0 atom stereocenters. The number of rotatable bonds is 5. The number of hydrogen-bond donors (Lipinski definition) is 1. The number of nitrogens with zero attached hydrogens (tertiary/aromatic N) is 1. The Morgan fingerprint density at radius 1 is 1.16 bits per heavy atom.